The molecule has 1 aromatic heterocycles. The van der Waals surface area contributed by atoms with Crippen LogP contribution in [0.3, 0.4) is 0 Å². The Hall–Kier alpha value is -1.95. The van der Waals surface area contributed by atoms with Crippen LogP contribution >= 0.6 is 0 Å². The van der Waals surface area contributed by atoms with Crippen molar-refractivity contribution < 1.29 is 12.8 Å². The third-order valence-electron chi connectivity index (χ3n) is 3.24. The van der Waals surface area contributed by atoms with Gasteiger partial charge in [0.25, 0.3) is 0 Å². The number of aromatic nitrogens is 1. The molecule has 1 aromatic carbocycles. The Balaban J connectivity index is 2.36. The van der Waals surface area contributed by atoms with E-state index < -0.39 is 15.8 Å². The van der Waals surface area contributed by atoms with Crippen LogP contribution in [0.5, 0.6) is 0 Å². The molecule has 2 rings (SSSR count). The molecule has 0 aliphatic heterocycles. The number of nitrogens with zero attached hydrogens (tertiary/aromatic N) is 2. The first-order valence-electron chi connectivity index (χ1n) is 7.18. The molecule has 6 heteroatoms. The number of halogens is 1. The molecular formula is C16H19FN2O2S. The lowest BCUT2D eigenvalue weighted by Gasteiger charge is -2.24. The van der Waals surface area contributed by atoms with Gasteiger partial charge in [-0.25, -0.2) is 12.8 Å². The Labute approximate surface area is 130 Å². The molecule has 0 bridgehead atoms. The zero-order valence-corrected chi connectivity index (χ0v) is 13.3. The van der Waals surface area contributed by atoms with Crippen LogP contribution in [0.4, 0.5) is 10.1 Å². The minimum Gasteiger partial charge on any atom is -0.266 e. The normalized spacial score (nSPS) is 11.4. The topological polar surface area (TPSA) is 50.3 Å². The SMILES string of the molecule is CCCCS(=O)(=O)N(Cc1cccnc1)c1cccc(F)c1. The van der Waals surface area contributed by atoms with E-state index >= 15 is 0 Å². The van der Waals surface area contributed by atoms with Crippen LogP contribution in [0.25, 0.3) is 0 Å². The van der Waals surface area contributed by atoms with Crippen LogP contribution in [-0.2, 0) is 16.6 Å². The molecule has 0 fully saturated rings. The Morgan fingerprint density at radius 2 is 2.05 bits per heavy atom. The van der Waals surface area contributed by atoms with E-state index in [1.807, 2.05) is 6.92 Å². The largest absolute Gasteiger partial charge is 0.266 e. The number of pyridine rings is 1. The molecule has 22 heavy (non-hydrogen) atoms. The van der Waals surface area contributed by atoms with E-state index in [-0.39, 0.29) is 12.3 Å². The van der Waals surface area contributed by atoms with Crippen molar-refractivity contribution in [3.8, 4) is 0 Å². The average Bonchev–Trinajstić information content (AvgIpc) is 2.51. The smallest absolute Gasteiger partial charge is 0.235 e. The van der Waals surface area contributed by atoms with E-state index in [2.05, 4.69) is 4.98 Å². The maximum absolute atomic E-state index is 13.5. The van der Waals surface area contributed by atoms with Gasteiger partial charge in [-0.1, -0.05) is 25.5 Å². The molecule has 0 amide bonds. The summed E-state index contributed by atoms with van der Waals surface area (Å²) in [4.78, 5) is 4.00. The van der Waals surface area contributed by atoms with Crippen molar-refractivity contribution in [2.24, 2.45) is 0 Å². The standard InChI is InChI=1S/C16H19FN2O2S/c1-2-3-10-22(20,21)19(13-14-6-5-9-18-12-14)16-8-4-7-15(17)11-16/h4-9,11-12H,2-3,10,13H2,1H3. The molecular weight excluding hydrogens is 303 g/mol. The summed E-state index contributed by atoms with van der Waals surface area (Å²) in [5, 5.41) is 0. The van der Waals surface area contributed by atoms with E-state index in [1.54, 1.807) is 30.6 Å². The molecule has 0 saturated heterocycles. The number of hydrogen-bond donors (Lipinski definition) is 0. The predicted octanol–water partition coefficient (Wildman–Crippen LogP) is 3.36. The quantitative estimate of drug-likeness (QED) is 0.785. The summed E-state index contributed by atoms with van der Waals surface area (Å²) in [6.45, 7) is 2.08. The Morgan fingerprint density at radius 1 is 1.23 bits per heavy atom. The summed E-state index contributed by atoms with van der Waals surface area (Å²) >= 11 is 0. The Kier molecular flexibility index (Phi) is 5.49. The predicted molar refractivity (Wildman–Crippen MR) is 85.5 cm³/mol. The van der Waals surface area contributed by atoms with Crippen LogP contribution < -0.4 is 4.31 Å². The van der Waals surface area contributed by atoms with Gasteiger partial charge in [0, 0.05) is 12.4 Å². The molecule has 0 saturated carbocycles. The Morgan fingerprint density at radius 3 is 2.68 bits per heavy atom. The highest BCUT2D eigenvalue weighted by Gasteiger charge is 2.22. The molecule has 0 atom stereocenters. The fourth-order valence-electron chi connectivity index (χ4n) is 2.08. The van der Waals surface area contributed by atoms with Gasteiger partial charge in [-0.3, -0.25) is 9.29 Å². The molecule has 0 N–H and O–H groups in total. The minimum atomic E-state index is -3.51. The first-order chi connectivity index (χ1) is 10.5. The van der Waals surface area contributed by atoms with E-state index in [0.29, 0.717) is 12.1 Å². The highest BCUT2D eigenvalue weighted by molar-refractivity contribution is 7.92. The maximum Gasteiger partial charge on any atom is 0.235 e. The van der Waals surface area contributed by atoms with Crippen LogP contribution in [-0.4, -0.2) is 19.2 Å². The average molecular weight is 322 g/mol. The van der Waals surface area contributed by atoms with E-state index in [1.165, 1.54) is 22.5 Å². The molecule has 2 aromatic rings. The van der Waals surface area contributed by atoms with Crippen molar-refractivity contribution >= 4 is 15.7 Å². The zero-order valence-electron chi connectivity index (χ0n) is 12.4. The van der Waals surface area contributed by atoms with E-state index in [4.69, 9.17) is 0 Å². The summed E-state index contributed by atoms with van der Waals surface area (Å²) < 4.78 is 39.9. The van der Waals surface area contributed by atoms with Crippen LogP contribution in [0.2, 0.25) is 0 Å². The van der Waals surface area contributed by atoms with Gasteiger partial charge in [-0.2, -0.15) is 0 Å². The number of sulfonamides is 1. The second-order valence-electron chi connectivity index (χ2n) is 5.02. The highest BCUT2D eigenvalue weighted by Crippen LogP contribution is 2.22. The third-order valence-corrected chi connectivity index (χ3v) is 5.05. The molecule has 0 unspecified atom stereocenters. The first-order valence-corrected chi connectivity index (χ1v) is 8.79. The zero-order chi connectivity index (χ0) is 16.0. The number of anilines is 1. The summed E-state index contributed by atoms with van der Waals surface area (Å²) in [7, 11) is -3.51. The summed E-state index contributed by atoms with van der Waals surface area (Å²) in [6, 6.07) is 9.19. The maximum atomic E-state index is 13.5. The minimum absolute atomic E-state index is 0.0419. The number of rotatable bonds is 7. The van der Waals surface area contributed by atoms with Crippen molar-refractivity contribution in [1.29, 1.82) is 0 Å². The summed E-state index contributed by atoms with van der Waals surface area (Å²) in [5.41, 5.74) is 1.09. The van der Waals surface area contributed by atoms with Crippen molar-refractivity contribution in [1.82, 2.24) is 4.98 Å². The highest BCUT2D eigenvalue weighted by atomic mass is 32.2. The van der Waals surface area contributed by atoms with Crippen LogP contribution in [0.1, 0.15) is 25.3 Å². The molecule has 0 aliphatic rings. The van der Waals surface area contributed by atoms with E-state index in [9.17, 15) is 12.8 Å². The fourth-order valence-corrected chi connectivity index (χ4v) is 3.73. The van der Waals surface area contributed by atoms with Gasteiger partial charge in [0.2, 0.25) is 10.0 Å². The van der Waals surface area contributed by atoms with Gasteiger partial charge in [0.1, 0.15) is 5.82 Å². The monoisotopic (exact) mass is 322 g/mol. The molecule has 118 valence electrons. The lowest BCUT2D eigenvalue weighted by Crippen LogP contribution is -2.32. The van der Waals surface area contributed by atoms with Gasteiger partial charge in [0.05, 0.1) is 18.0 Å². The van der Waals surface area contributed by atoms with Gasteiger partial charge in [0.15, 0.2) is 0 Å². The van der Waals surface area contributed by atoms with Gasteiger partial charge < -0.3 is 0 Å². The van der Waals surface area contributed by atoms with Gasteiger partial charge in [-0.05, 0) is 36.2 Å². The number of unbranched alkanes of at least 4 members (excludes halogenated alkanes) is 1. The molecule has 4 nitrogen and oxygen atoms in total. The molecule has 0 spiro atoms. The lowest BCUT2D eigenvalue weighted by molar-refractivity contribution is 0.586. The van der Waals surface area contributed by atoms with Gasteiger partial charge in [-0.15, -0.1) is 0 Å². The first kappa shape index (κ1) is 16.4. The lowest BCUT2D eigenvalue weighted by atomic mass is 10.2. The van der Waals surface area contributed by atoms with E-state index in [0.717, 1.165) is 12.0 Å². The molecule has 0 radical (unpaired) electrons. The van der Waals surface area contributed by atoms with Crippen LogP contribution in [0.15, 0.2) is 48.8 Å². The summed E-state index contributed by atoms with van der Waals surface area (Å²) in [5.74, 6) is -0.417. The fraction of sp³-hybridized carbons (Fsp3) is 0.312. The molecule has 1 heterocycles. The van der Waals surface area contributed by atoms with Crippen LogP contribution in [0, 0.1) is 5.82 Å². The van der Waals surface area contributed by atoms with Crippen molar-refractivity contribution in [3.05, 3.63) is 60.2 Å². The number of benzene rings is 1. The van der Waals surface area contributed by atoms with Crippen molar-refractivity contribution in [3.63, 3.8) is 0 Å². The second kappa shape index (κ2) is 7.35. The Bertz CT molecular complexity index is 705. The third kappa shape index (κ3) is 4.27. The summed E-state index contributed by atoms with van der Waals surface area (Å²) in [6.07, 6.45) is 4.59. The van der Waals surface area contributed by atoms with Crippen molar-refractivity contribution in [2.75, 3.05) is 10.1 Å². The molecule has 0 aliphatic carbocycles. The second-order valence-corrected chi connectivity index (χ2v) is 7.03. The number of hydrogen-bond acceptors (Lipinski definition) is 3. The van der Waals surface area contributed by atoms with Gasteiger partial charge >= 0.3 is 0 Å². The van der Waals surface area contributed by atoms with Crippen molar-refractivity contribution in [2.45, 2.75) is 26.3 Å².